The number of fused-ring (bicyclic) bond motifs is 1. The van der Waals surface area contributed by atoms with E-state index in [1.807, 2.05) is 35.2 Å². The van der Waals surface area contributed by atoms with E-state index in [1.165, 1.54) is 0 Å². The second-order valence-electron chi connectivity index (χ2n) is 7.08. The van der Waals surface area contributed by atoms with Gasteiger partial charge in [0.2, 0.25) is 5.91 Å². The van der Waals surface area contributed by atoms with Crippen molar-refractivity contribution in [1.29, 1.82) is 0 Å². The van der Waals surface area contributed by atoms with Crippen LogP contribution in [0.2, 0.25) is 0 Å². The van der Waals surface area contributed by atoms with Crippen LogP contribution in [0.25, 0.3) is 0 Å². The molecule has 1 aromatic heterocycles. The number of halogens is 1. The van der Waals surface area contributed by atoms with Crippen molar-refractivity contribution < 1.29 is 9.32 Å². The number of para-hydroxylation sites is 1. The molecule has 4 rings (SSSR count). The Morgan fingerprint density at radius 3 is 2.72 bits per heavy atom. The van der Waals surface area contributed by atoms with Crippen LogP contribution in [0, 0.1) is 0 Å². The van der Waals surface area contributed by atoms with Gasteiger partial charge in [0.1, 0.15) is 6.26 Å². The highest BCUT2D eigenvalue weighted by molar-refractivity contribution is 14.0. The van der Waals surface area contributed by atoms with E-state index in [0.29, 0.717) is 19.5 Å². The zero-order valence-corrected chi connectivity index (χ0v) is 18.9. The Balaban J connectivity index is 0.00000240. The van der Waals surface area contributed by atoms with Gasteiger partial charge in [-0.25, -0.2) is 0 Å². The van der Waals surface area contributed by atoms with Gasteiger partial charge in [0.25, 0.3) is 0 Å². The van der Waals surface area contributed by atoms with Crippen molar-refractivity contribution in [3.05, 3.63) is 47.9 Å². The molecular weight excluding hydrogens is 483 g/mol. The molecule has 0 aliphatic carbocycles. The smallest absolute Gasteiger partial charge is 0.231 e. The van der Waals surface area contributed by atoms with Crippen molar-refractivity contribution in [1.82, 2.24) is 20.3 Å². The molecule has 1 fully saturated rings. The Labute approximate surface area is 187 Å². The third-order valence-corrected chi connectivity index (χ3v) is 5.30. The van der Waals surface area contributed by atoms with E-state index in [2.05, 4.69) is 25.3 Å². The van der Waals surface area contributed by atoms with Crippen molar-refractivity contribution in [2.45, 2.75) is 13.0 Å². The van der Waals surface area contributed by atoms with Gasteiger partial charge in [0, 0.05) is 64.6 Å². The lowest BCUT2D eigenvalue weighted by molar-refractivity contribution is -0.117. The van der Waals surface area contributed by atoms with Crippen LogP contribution in [-0.4, -0.2) is 73.1 Å². The van der Waals surface area contributed by atoms with Crippen molar-refractivity contribution in [2.75, 3.05) is 51.2 Å². The number of anilines is 1. The summed E-state index contributed by atoms with van der Waals surface area (Å²) >= 11 is 0. The standard InChI is InChI=1S/C20H26N6O2.HI/c1-21-20(25-11-9-24(10-12-25)15-17-6-13-28-23-17)22-7-8-26-18-5-3-2-4-16(18)14-19(26)27;/h2-6,13H,7-12,14-15H2,1H3,(H,21,22);1H. The summed E-state index contributed by atoms with van der Waals surface area (Å²) in [5, 5.41) is 7.40. The quantitative estimate of drug-likeness (QED) is 0.374. The minimum absolute atomic E-state index is 0. The molecule has 1 saturated heterocycles. The zero-order chi connectivity index (χ0) is 19.3. The molecule has 29 heavy (non-hydrogen) atoms. The Morgan fingerprint density at radius 2 is 2.00 bits per heavy atom. The van der Waals surface area contributed by atoms with Crippen molar-refractivity contribution in [2.24, 2.45) is 4.99 Å². The summed E-state index contributed by atoms with van der Waals surface area (Å²) in [7, 11) is 1.81. The number of hydrogen-bond acceptors (Lipinski definition) is 5. The van der Waals surface area contributed by atoms with Crippen LogP contribution in [0.4, 0.5) is 5.69 Å². The molecule has 0 saturated carbocycles. The van der Waals surface area contributed by atoms with E-state index in [-0.39, 0.29) is 29.9 Å². The summed E-state index contributed by atoms with van der Waals surface area (Å²) in [4.78, 5) is 23.2. The normalized spacial score (nSPS) is 17.3. The summed E-state index contributed by atoms with van der Waals surface area (Å²) in [6.45, 7) is 5.84. The number of nitrogens with zero attached hydrogens (tertiary/aromatic N) is 5. The number of aromatic nitrogens is 1. The fourth-order valence-corrected chi connectivity index (χ4v) is 3.84. The molecule has 2 aliphatic heterocycles. The van der Waals surface area contributed by atoms with E-state index < -0.39 is 0 Å². The van der Waals surface area contributed by atoms with Crippen LogP contribution in [0.15, 0.2) is 46.1 Å². The maximum atomic E-state index is 12.3. The molecule has 0 atom stereocenters. The van der Waals surface area contributed by atoms with E-state index in [9.17, 15) is 4.79 Å². The predicted molar refractivity (Wildman–Crippen MR) is 123 cm³/mol. The van der Waals surface area contributed by atoms with E-state index in [1.54, 1.807) is 13.3 Å². The van der Waals surface area contributed by atoms with Crippen LogP contribution in [0.5, 0.6) is 0 Å². The summed E-state index contributed by atoms with van der Waals surface area (Å²) in [6, 6.07) is 9.92. The molecule has 8 nitrogen and oxygen atoms in total. The van der Waals surface area contributed by atoms with Crippen molar-refractivity contribution in [3.8, 4) is 0 Å². The number of benzene rings is 1. The second-order valence-corrected chi connectivity index (χ2v) is 7.08. The zero-order valence-electron chi connectivity index (χ0n) is 16.6. The maximum absolute atomic E-state index is 12.3. The number of aliphatic imine (C=N–C) groups is 1. The predicted octanol–water partition coefficient (Wildman–Crippen LogP) is 1.57. The summed E-state index contributed by atoms with van der Waals surface area (Å²) in [5.41, 5.74) is 3.11. The number of piperazine rings is 1. The third-order valence-electron chi connectivity index (χ3n) is 5.30. The van der Waals surface area contributed by atoms with Gasteiger partial charge in [0.15, 0.2) is 5.96 Å². The number of rotatable bonds is 5. The number of carbonyl (C=O) groups excluding carboxylic acids is 1. The van der Waals surface area contributed by atoms with Crippen LogP contribution < -0.4 is 10.2 Å². The van der Waals surface area contributed by atoms with E-state index >= 15 is 0 Å². The van der Waals surface area contributed by atoms with Gasteiger partial charge in [-0.15, -0.1) is 24.0 Å². The first-order valence-electron chi connectivity index (χ1n) is 9.70. The first-order valence-corrected chi connectivity index (χ1v) is 9.70. The fraction of sp³-hybridized carbons (Fsp3) is 0.450. The highest BCUT2D eigenvalue weighted by atomic mass is 127. The first-order chi connectivity index (χ1) is 13.7. The Bertz CT molecular complexity index is 833. The van der Waals surface area contributed by atoms with Crippen LogP contribution in [0.3, 0.4) is 0 Å². The minimum Gasteiger partial charge on any atom is -0.364 e. The van der Waals surface area contributed by atoms with Gasteiger partial charge in [-0.2, -0.15) is 0 Å². The molecule has 0 radical (unpaired) electrons. The average Bonchev–Trinajstić information content (AvgIpc) is 3.33. The van der Waals surface area contributed by atoms with Crippen LogP contribution in [-0.2, 0) is 17.8 Å². The van der Waals surface area contributed by atoms with Gasteiger partial charge in [0.05, 0.1) is 12.1 Å². The van der Waals surface area contributed by atoms with Gasteiger partial charge in [-0.1, -0.05) is 23.4 Å². The molecule has 156 valence electrons. The lowest BCUT2D eigenvalue weighted by Gasteiger charge is -2.36. The highest BCUT2D eigenvalue weighted by Crippen LogP contribution is 2.27. The molecule has 9 heteroatoms. The molecule has 3 heterocycles. The first kappa shape index (κ1) is 21.6. The SMILES string of the molecule is CN=C(NCCN1C(=O)Cc2ccccc21)N1CCN(Cc2ccon2)CC1.I. The minimum atomic E-state index is 0. The van der Waals surface area contributed by atoms with E-state index in [0.717, 1.165) is 55.6 Å². The Morgan fingerprint density at radius 1 is 1.21 bits per heavy atom. The van der Waals surface area contributed by atoms with Gasteiger partial charge in [-0.3, -0.25) is 14.7 Å². The van der Waals surface area contributed by atoms with Crippen LogP contribution in [0.1, 0.15) is 11.3 Å². The topological polar surface area (TPSA) is 77.2 Å². The molecule has 0 bridgehead atoms. The molecule has 1 amide bonds. The molecule has 2 aromatic rings. The van der Waals surface area contributed by atoms with E-state index in [4.69, 9.17) is 4.52 Å². The van der Waals surface area contributed by atoms with Crippen molar-refractivity contribution >= 4 is 41.5 Å². The number of hydrogen-bond donors (Lipinski definition) is 1. The molecule has 2 aliphatic rings. The number of nitrogens with one attached hydrogen (secondary N) is 1. The molecule has 1 aromatic carbocycles. The third kappa shape index (κ3) is 5.08. The second kappa shape index (κ2) is 10.1. The Hall–Kier alpha value is -2.14. The molecular formula is C20H27IN6O2. The molecule has 0 unspecified atom stereocenters. The van der Waals surface area contributed by atoms with Crippen LogP contribution >= 0.6 is 24.0 Å². The number of amides is 1. The monoisotopic (exact) mass is 510 g/mol. The lowest BCUT2D eigenvalue weighted by Crippen LogP contribution is -2.53. The summed E-state index contributed by atoms with van der Waals surface area (Å²) < 4.78 is 4.90. The van der Waals surface area contributed by atoms with Gasteiger partial charge >= 0.3 is 0 Å². The number of carbonyl (C=O) groups is 1. The Kier molecular flexibility index (Phi) is 7.48. The van der Waals surface area contributed by atoms with Gasteiger partial charge in [-0.05, 0) is 11.6 Å². The number of guanidine groups is 1. The highest BCUT2D eigenvalue weighted by Gasteiger charge is 2.26. The average molecular weight is 510 g/mol. The largest absolute Gasteiger partial charge is 0.364 e. The molecule has 1 N–H and O–H groups in total. The fourth-order valence-electron chi connectivity index (χ4n) is 3.84. The maximum Gasteiger partial charge on any atom is 0.231 e. The van der Waals surface area contributed by atoms with Gasteiger partial charge < -0.3 is 19.6 Å². The molecule has 0 spiro atoms. The summed E-state index contributed by atoms with van der Waals surface area (Å²) in [5.74, 6) is 1.06. The lowest BCUT2D eigenvalue weighted by atomic mass is 10.2. The van der Waals surface area contributed by atoms with Crippen molar-refractivity contribution in [3.63, 3.8) is 0 Å². The summed E-state index contributed by atoms with van der Waals surface area (Å²) in [6.07, 6.45) is 2.11.